The Bertz CT molecular complexity index is 756. The van der Waals surface area contributed by atoms with Gasteiger partial charge in [0.15, 0.2) is 4.96 Å². The van der Waals surface area contributed by atoms with E-state index < -0.39 is 0 Å². The van der Waals surface area contributed by atoms with Gasteiger partial charge in [-0.3, -0.25) is 9.20 Å². The summed E-state index contributed by atoms with van der Waals surface area (Å²) in [6.45, 7) is 4.07. The van der Waals surface area contributed by atoms with Crippen LogP contribution in [0.4, 0.5) is 5.69 Å². The van der Waals surface area contributed by atoms with Gasteiger partial charge in [-0.25, -0.2) is 4.98 Å². The van der Waals surface area contributed by atoms with Gasteiger partial charge in [0.05, 0.1) is 5.69 Å². The number of carbonyl (C=O) groups excluding carboxylic acids is 1. The van der Waals surface area contributed by atoms with Gasteiger partial charge in [-0.15, -0.1) is 11.3 Å². The van der Waals surface area contributed by atoms with Gasteiger partial charge in [0.25, 0.3) is 0 Å². The molecule has 0 saturated heterocycles. The highest BCUT2D eigenvalue weighted by atomic mass is 32.1. The van der Waals surface area contributed by atoms with Crippen LogP contribution in [-0.4, -0.2) is 15.3 Å². The second-order valence-electron chi connectivity index (χ2n) is 5.04. The van der Waals surface area contributed by atoms with Crippen molar-refractivity contribution in [1.29, 1.82) is 0 Å². The molecule has 108 valence electrons. The molecule has 1 amide bonds. The highest BCUT2D eigenvalue weighted by Crippen LogP contribution is 2.25. The average Bonchev–Trinajstić information content (AvgIpc) is 2.96. The molecule has 0 aliphatic carbocycles. The molecule has 0 aliphatic heterocycles. The number of nitrogens with zero attached hydrogens (tertiary/aromatic N) is 2. The number of hydrogen-bond donors (Lipinski definition) is 1. The van der Waals surface area contributed by atoms with Crippen molar-refractivity contribution in [2.45, 2.75) is 26.7 Å². The van der Waals surface area contributed by atoms with Crippen LogP contribution in [0, 0.1) is 6.92 Å². The molecule has 4 nitrogen and oxygen atoms in total. The van der Waals surface area contributed by atoms with Crippen LogP contribution >= 0.6 is 11.3 Å². The number of carbonyl (C=O) groups is 1. The number of imidazole rings is 1. The van der Waals surface area contributed by atoms with Crippen LogP contribution in [0.25, 0.3) is 16.2 Å². The second-order valence-corrected chi connectivity index (χ2v) is 6.25. The number of amides is 1. The number of aryl methyl sites for hydroxylation is 1. The standard InChI is InChI=1S/C16H17N3OS/c1-3-5-15(20)17-13-7-4-6-12(8-13)14-10-19-9-11(2)21-16(19)18-14/h4,6-10H,3,5H2,1-2H3,(H,17,20). The summed E-state index contributed by atoms with van der Waals surface area (Å²) >= 11 is 1.67. The summed E-state index contributed by atoms with van der Waals surface area (Å²) in [7, 11) is 0. The summed E-state index contributed by atoms with van der Waals surface area (Å²) < 4.78 is 2.04. The van der Waals surface area contributed by atoms with Gasteiger partial charge in [-0.1, -0.05) is 19.1 Å². The zero-order valence-electron chi connectivity index (χ0n) is 12.1. The van der Waals surface area contributed by atoms with Gasteiger partial charge < -0.3 is 5.32 Å². The van der Waals surface area contributed by atoms with Gasteiger partial charge >= 0.3 is 0 Å². The molecule has 2 heterocycles. The van der Waals surface area contributed by atoms with E-state index in [1.807, 2.05) is 41.8 Å². The van der Waals surface area contributed by atoms with E-state index in [9.17, 15) is 4.79 Å². The molecule has 3 rings (SSSR count). The maximum Gasteiger partial charge on any atom is 0.224 e. The number of nitrogens with one attached hydrogen (secondary N) is 1. The van der Waals surface area contributed by atoms with E-state index in [0.717, 1.165) is 28.3 Å². The lowest BCUT2D eigenvalue weighted by Gasteiger charge is -2.05. The fourth-order valence-electron chi connectivity index (χ4n) is 2.26. The van der Waals surface area contributed by atoms with Crippen molar-refractivity contribution in [3.8, 4) is 11.3 Å². The minimum absolute atomic E-state index is 0.0519. The quantitative estimate of drug-likeness (QED) is 0.788. The zero-order valence-corrected chi connectivity index (χ0v) is 12.9. The number of anilines is 1. The first-order valence-electron chi connectivity index (χ1n) is 7.01. The molecule has 0 unspecified atom stereocenters. The molecule has 5 heteroatoms. The van der Waals surface area contributed by atoms with Crippen molar-refractivity contribution in [3.05, 3.63) is 41.5 Å². The Morgan fingerprint density at radius 1 is 1.38 bits per heavy atom. The third-order valence-corrected chi connectivity index (χ3v) is 4.10. The van der Waals surface area contributed by atoms with E-state index in [4.69, 9.17) is 0 Å². The molecule has 0 radical (unpaired) electrons. The van der Waals surface area contributed by atoms with Crippen molar-refractivity contribution in [2.75, 3.05) is 5.32 Å². The van der Waals surface area contributed by atoms with E-state index in [0.29, 0.717) is 6.42 Å². The number of benzene rings is 1. The molecule has 0 spiro atoms. The molecule has 3 aromatic rings. The van der Waals surface area contributed by atoms with Gasteiger partial charge in [0.2, 0.25) is 5.91 Å². The summed E-state index contributed by atoms with van der Waals surface area (Å²) in [5, 5.41) is 2.92. The fourth-order valence-corrected chi connectivity index (χ4v) is 3.07. The van der Waals surface area contributed by atoms with Crippen LogP contribution in [-0.2, 0) is 4.79 Å². The molecule has 1 aromatic carbocycles. The highest BCUT2D eigenvalue weighted by Gasteiger charge is 2.08. The summed E-state index contributed by atoms with van der Waals surface area (Å²) in [4.78, 5) is 18.5. The first-order valence-corrected chi connectivity index (χ1v) is 7.83. The maximum absolute atomic E-state index is 11.7. The molecule has 0 aliphatic rings. The number of thiazole rings is 1. The smallest absolute Gasteiger partial charge is 0.224 e. The fraction of sp³-hybridized carbons (Fsp3) is 0.250. The molecule has 2 aromatic heterocycles. The van der Waals surface area contributed by atoms with Gasteiger partial charge in [0, 0.05) is 34.9 Å². The first-order chi connectivity index (χ1) is 10.2. The number of rotatable bonds is 4. The van der Waals surface area contributed by atoms with Crippen molar-refractivity contribution in [2.24, 2.45) is 0 Å². The monoisotopic (exact) mass is 299 g/mol. The van der Waals surface area contributed by atoms with E-state index in [2.05, 4.69) is 23.4 Å². The lowest BCUT2D eigenvalue weighted by Crippen LogP contribution is -2.10. The van der Waals surface area contributed by atoms with Crippen LogP contribution in [0.3, 0.4) is 0 Å². The minimum atomic E-state index is 0.0519. The second kappa shape index (κ2) is 5.69. The lowest BCUT2D eigenvalue weighted by atomic mass is 10.1. The van der Waals surface area contributed by atoms with Crippen LogP contribution in [0.15, 0.2) is 36.7 Å². The third kappa shape index (κ3) is 2.97. The van der Waals surface area contributed by atoms with Crippen LogP contribution in [0.5, 0.6) is 0 Å². The highest BCUT2D eigenvalue weighted by molar-refractivity contribution is 7.17. The Labute approximate surface area is 127 Å². The Kier molecular flexibility index (Phi) is 3.75. The molecule has 0 bridgehead atoms. The predicted octanol–water partition coefficient (Wildman–Crippen LogP) is 4.11. The van der Waals surface area contributed by atoms with Crippen molar-refractivity contribution >= 4 is 27.9 Å². The van der Waals surface area contributed by atoms with Crippen LogP contribution in [0.2, 0.25) is 0 Å². The topological polar surface area (TPSA) is 46.4 Å². The largest absolute Gasteiger partial charge is 0.326 e. The molecule has 0 atom stereocenters. The van der Waals surface area contributed by atoms with Gasteiger partial charge in [-0.05, 0) is 25.5 Å². The van der Waals surface area contributed by atoms with Crippen LogP contribution in [0.1, 0.15) is 24.6 Å². The summed E-state index contributed by atoms with van der Waals surface area (Å²) in [6.07, 6.45) is 5.49. The third-order valence-electron chi connectivity index (χ3n) is 3.19. The number of hydrogen-bond acceptors (Lipinski definition) is 3. The summed E-state index contributed by atoms with van der Waals surface area (Å²) in [5.74, 6) is 0.0519. The summed E-state index contributed by atoms with van der Waals surface area (Å²) in [5.41, 5.74) is 2.75. The van der Waals surface area contributed by atoms with E-state index >= 15 is 0 Å². The SMILES string of the molecule is CCCC(=O)Nc1cccc(-c2cn3cc(C)sc3n2)c1. The Morgan fingerprint density at radius 3 is 3.00 bits per heavy atom. The van der Waals surface area contributed by atoms with E-state index in [1.54, 1.807) is 11.3 Å². The van der Waals surface area contributed by atoms with E-state index in [1.165, 1.54) is 4.88 Å². The van der Waals surface area contributed by atoms with E-state index in [-0.39, 0.29) is 5.91 Å². The first kappa shape index (κ1) is 13.8. The maximum atomic E-state index is 11.7. The van der Waals surface area contributed by atoms with Gasteiger partial charge in [-0.2, -0.15) is 0 Å². The Hall–Kier alpha value is -2.14. The van der Waals surface area contributed by atoms with Crippen molar-refractivity contribution in [3.63, 3.8) is 0 Å². The van der Waals surface area contributed by atoms with Crippen molar-refractivity contribution in [1.82, 2.24) is 9.38 Å². The van der Waals surface area contributed by atoms with Gasteiger partial charge in [0.1, 0.15) is 0 Å². The molecule has 21 heavy (non-hydrogen) atoms. The Morgan fingerprint density at radius 2 is 2.24 bits per heavy atom. The average molecular weight is 299 g/mol. The van der Waals surface area contributed by atoms with Crippen LogP contribution < -0.4 is 5.32 Å². The normalized spacial score (nSPS) is 11.0. The molecular weight excluding hydrogens is 282 g/mol. The molecule has 1 N–H and O–H groups in total. The molecule has 0 saturated carbocycles. The predicted molar refractivity (Wildman–Crippen MR) is 86.8 cm³/mol. The number of aromatic nitrogens is 2. The lowest BCUT2D eigenvalue weighted by molar-refractivity contribution is -0.116. The van der Waals surface area contributed by atoms with Crippen molar-refractivity contribution < 1.29 is 4.79 Å². The minimum Gasteiger partial charge on any atom is -0.326 e. The Balaban J connectivity index is 1.87. The number of fused-ring (bicyclic) bond motifs is 1. The zero-order chi connectivity index (χ0) is 14.8. The summed E-state index contributed by atoms with van der Waals surface area (Å²) in [6, 6.07) is 7.82. The molecule has 0 fully saturated rings. The molecular formula is C16H17N3OS.